The molecule has 3 N–H and O–H groups in total. The molecular weight excluding hydrogens is 308 g/mol. The molecular formula is C10H13BrN2O3S. The fraction of sp³-hybridized carbons (Fsp3) is 0.300. The molecule has 1 amide bonds. The minimum absolute atomic E-state index is 0.0599. The number of carbonyl (C=O) groups excluding carboxylic acids is 1. The summed E-state index contributed by atoms with van der Waals surface area (Å²) in [5.74, 6) is -0.532. The SMILES string of the molecule is CNC(=O)CCS(=O)(=O)c1ccc(N)cc1Br. The second kappa shape index (κ2) is 5.50. The third-order valence-electron chi connectivity index (χ3n) is 2.17. The van der Waals surface area contributed by atoms with Crippen molar-refractivity contribution >= 4 is 37.4 Å². The molecule has 1 aromatic carbocycles. The Balaban J connectivity index is 2.94. The Kier molecular flexibility index (Phi) is 4.53. The van der Waals surface area contributed by atoms with Crippen molar-refractivity contribution in [1.29, 1.82) is 0 Å². The van der Waals surface area contributed by atoms with Crippen molar-refractivity contribution in [1.82, 2.24) is 5.32 Å². The lowest BCUT2D eigenvalue weighted by molar-refractivity contribution is -0.120. The molecule has 7 heteroatoms. The maximum atomic E-state index is 11.9. The Morgan fingerprint density at radius 2 is 2.12 bits per heavy atom. The van der Waals surface area contributed by atoms with Gasteiger partial charge in [0.15, 0.2) is 9.84 Å². The van der Waals surface area contributed by atoms with Crippen LogP contribution in [0.25, 0.3) is 0 Å². The molecule has 17 heavy (non-hydrogen) atoms. The molecule has 0 atom stereocenters. The van der Waals surface area contributed by atoms with Crippen LogP contribution in [0.3, 0.4) is 0 Å². The van der Waals surface area contributed by atoms with Crippen LogP contribution in [-0.2, 0) is 14.6 Å². The van der Waals surface area contributed by atoms with Gasteiger partial charge in [0.25, 0.3) is 0 Å². The van der Waals surface area contributed by atoms with Gasteiger partial charge >= 0.3 is 0 Å². The molecule has 94 valence electrons. The number of sulfone groups is 1. The van der Waals surface area contributed by atoms with Crippen LogP contribution in [0.15, 0.2) is 27.6 Å². The van der Waals surface area contributed by atoms with Gasteiger partial charge in [0, 0.05) is 23.6 Å². The van der Waals surface area contributed by atoms with Crippen LogP contribution in [0.1, 0.15) is 6.42 Å². The van der Waals surface area contributed by atoms with Gasteiger partial charge in [0.1, 0.15) is 0 Å². The zero-order valence-electron chi connectivity index (χ0n) is 9.23. The molecule has 0 spiro atoms. The molecule has 0 bridgehead atoms. The minimum atomic E-state index is -3.48. The average Bonchev–Trinajstić information content (AvgIpc) is 2.25. The molecule has 0 unspecified atom stereocenters. The topological polar surface area (TPSA) is 89.3 Å². The van der Waals surface area contributed by atoms with E-state index in [1.165, 1.54) is 25.2 Å². The largest absolute Gasteiger partial charge is 0.399 e. The van der Waals surface area contributed by atoms with E-state index in [0.29, 0.717) is 10.2 Å². The van der Waals surface area contributed by atoms with Crippen molar-refractivity contribution in [2.45, 2.75) is 11.3 Å². The molecule has 1 aromatic rings. The van der Waals surface area contributed by atoms with E-state index in [2.05, 4.69) is 21.2 Å². The van der Waals surface area contributed by atoms with Crippen molar-refractivity contribution in [2.24, 2.45) is 0 Å². The summed E-state index contributed by atoms with van der Waals surface area (Å²) in [6.07, 6.45) is -0.0599. The Morgan fingerprint density at radius 1 is 1.47 bits per heavy atom. The first-order valence-electron chi connectivity index (χ1n) is 4.85. The standard InChI is InChI=1S/C10H13BrN2O3S/c1-13-10(14)4-5-17(15,16)9-3-2-7(12)6-8(9)11/h2-3,6H,4-5,12H2,1H3,(H,13,14). The van der Waals surface area contributed by atoms with Crippen LogP contribution in [0.4, 0.5) is 5.69 Å². The first-order valence-corrected chi connectivity index (χ1v) is 7.29. The molecule has 0 saturated carbocycles. The van der Waals surface area contributed by atoms with Gasteiger partial charge in [-0.2, -0.15) is 0 Å². The Morgan fingerprint density at radius 3 is 2.65 bits per heavy atom. The van der Waals surface area contributed by atoms with E-state index in [1.54, 1.807) is 0 Å². The molecule has 0 saturated heterocycles. The Hall–Kier alpha value is -1.08. The molecule has 0 aromatic heterocycles. The first-order chi connectivity index (χ1) is 7.86. The van der Waals surface area contributed by atoms with Crippen LogP contribution in [0.5, 0.6) is 0 Å². The molecule has 5 nitrogen and oxygen atoms in total. The van der Waals surface area contributed by atoms with E-state index in [0.717, 1.165) is 0 Å². The van der Waals surface area contributed by atoms with Gasteiger partial charge in [-0.15, -0.1) is 0 Å². The van der Waals surface area contributed by atoms with Crippen LogP contribution >= 0.6 is 15.9 Å². The summed E-state index contributed by atoms with van der Waals surface area (Å²) in [6, 6.07) is 4.46. The lowest BCUT2D eigenvalue weighted by atomic mass is 10.3. The maximum absolute atomic E-state index is 11.9. The Bertz CT molecular complexity index is 528. The first kappa shape index (κ1) is 14.0. The molecule has 0 aliphatic rings. The predicted molar refractivity (Wildman–Crippen MR) is 69.3 cm³/mol. The second-order valence-corrected chi connectivity index (χ2v) is 6.36. The smallest absolute Gasteiger partial charge is 0.220 e. The number of amides is 1. The number of carbonyl (C=O) groups is 1. The highest BCUT2D eigenvalue weighted by atomic mass is 79.9. The average molecular weight is 321 g/mol. The van der Waals surface area contributed by atoms with Gasteiger partial charge in [-0.25, -0.2) is 8.42 Å². The van der Waals surface area contributed by atoms with Crippen molar-refractivity contribution in [3.05, 3.63) is 22.7 Å². The zero-order chi connectivity index (χ0) is 13.1. The number of rotatable bonds is 4. The summed E-state index contributed by atoms with van der Waals surface area (Å²) in [4.78, 5) is 11.2. The van der Waals surface area contributed by atoms with E-state index in [-0.39, 0.29) is 23.0 Å². The third kappa shape index (κ3) is 3.71. The van der Waals surface area contributed by atoms with Crippen molar-refractivity contribution in [3.63, 3.8) is 0 Å². The zero-order valence-corrected chi connectivity index (χ0v) is 11.6. The number of nitrogens with one attached hydrogen (secondary N) is 1. The van der Waals surface area contributed by atoms with Gasteiger partial charge in [0.05, 0.1) is 10.6 Å². The van der Waals surface area contributed by atoms with Crippen molar-refractivity contribution < 1.29 is 13.2 Å². The van der Waals surface area contributed by atoms with Crippen LogP contribution in [0, 0.1) is 0 Å². The highest BCUT2D eigenvalue weighted by Crippen LogP contribution is 2.25. The predicted octanol–water partition coefficient (Wildman–Crippen LogP) is 0.941. The lowest BCUT2D eigenvalue weighted by Crippen LogP contribution is -2.21. The quantitative estimate of drug-likeness (QED) is 0.808. The fourth-order valence-electron chi connectivity index (χ4n) is 1.23. The van der Waals surface area contributed by atoms with Gasteiger partial charge in [-0.3, -0.25) is 4.79 Å². The number of nitrogen functional groups attached to an aromatic ring is 1. The van der Waals surface area contributed by atoms with Crippen LogP contribution in [-0.4, -0.2) is 27.1 Å². The highest BCUT2D eigenvalue weighted by molar-refractivity contribution is 9.10. The summed E-state index contributed by atoms with van der Waals surface area (Å²) in [6.45, 7) is 0. The second-order valence-electron chi connectivity index (χ2n) is 3.43. The van der Waals surface area contributed by atoms with Gasteiger partial charge in [-0.05, 0) is 34.1 Å². The summed E-state index contributed by atoms with van der Waals surface area (Å²) < 4.78 is 24.3. The molecule has 0 aliphatic carbocycles. The van der Waals surface area contributed by atoms with Gasteiger partial charge in [-0.1, -0.05) is 0 Å². The van der Waals surface area contributed by atoms with Crippen molar-refractivity contribution in [2.75, 3.05) is 18.5 Å². The van der Waals surface area contributed by atoms with Crippen LogP contribution in [0.2, 0.25) is 0 Å². The molecule has 0 radical (unpaired) electrons. The molecule has 1 rings (SSSR count). The van der Waals surface area contributed by atoms with E-state index in [1.807, 2.05) is 0 Å². The molecule has 0 heterocycles. The summed E-state index contributed by atoms with van der Waals surface area (Å²) in [5.41, 5.74) is 6.00. The van der Waals surface area contributed by atoms with E-state index in [4.69, 9.17) is 5.73 Å². The van der Waals surface area contributed by atoms with Gasteiger partial charge in [0.2, 0.25) is 5.91 Å². The summed E-state index contributed by atoms with van der Waals surface area (Å²) in [7, 11) is -2.01. The molecule has 0 fully saturated rings. The number of anilines is 1. The Labute approximate surface area is 108 Å². The highest BCUT2D eigenvalue weighted by Gasteiger charge is 2.18. The minimum Gasteiger partial charge on any atom is -0.399 e. The van der Waals surface area contributed by atoms with E-state index >= 15 is 0 Å². The normalized spacial score (nSPS) is 11.2. The number of hydrogen-bond donors (Lipinski definition) is 2. The number of nitrogens with two attached hydrogens (primary N) is 1. The third-order valence-corrected chi connectivity index (χ3v) is 4.85. The van der Waals surface area contributed by atoms with E-state index < -0.39 is 9.84 Å². The fourth-order valence-corrected chi connectivity index (χ4v) is 3.67. The number of halogens is 1. The maximum Gasteiger partial charge on any atom is 0.220 e. The van der Waals surface area contributed by atoms with Crippen molar-refractivity contribution in [3.8, 4) is 0 Å². The monoisotopic (exact) mass is 320 g/mol. The number of hydrogen-bond acceptors (Lipinski definition) is 4. The van der Waals surface area contributed by atoms with E-state index in [9.17, 15) is 13.2 Å². The summed E-state index contributed by atoms with van der Waals surface area (Å²) >= 11 is 3.15. The van der Waals surface area contributed by atoms with Gasteiger partial charge < -0.3 is 11.1 Å². The summed E-state index contributed by atoms with van der Waals surface area (Å²) in [5, 5.41) is 2.38. The lowest BCUT2D eigenvalue weighted by Gasteiger charge is -2.07. The van der Waals surface area contributed by atoms with Crippen LogP contribution < -0.4 is 11.1 Å². The molecule has 0 aliphatic heterocycles. The number of benzene rings is 1.